The minimum Gasteiger partial charge on any atom is -0.0631 e. The summed E-state index contributed by atoms with van der Waals surface area (Å²) in [6, 6.07) is 19.2. The van der Waals surface area contributed by atoms with Gasteiger partial charge in [-0.3, -0.25) is 0 Å². The Morgan fingerprint density at radius 1 is 0.786 bits per heavy atom. The normalized spacial score (nSPS) is 10.1. The van der Waals surface area contributed by atoms with Gasteiger partial charge in [-0.1, -0.05) is 70.5 Å². The molecule has 0 aliphatic carbocycles. The standard InChI is InChI=1S/C13H12Si/c1-11-7-5-6-10-13(11)14-12-8-3-2-4-9-12/h2-10H,1H3. The zero-order valence-electron chi connectivity index (χ0n) is 8.20. The predicted octanol–water partition coefficient (Wildman–Crippen LogP) is 1.65. The topological polar surface area (TPSA) is 0 Å². The molecule has 0 nitrogen and oxygen atoms in total. The summed E-state index contributed by atoms with van der Waals surface area (Å²) in [5.41, 5.74) is 1.38. The van der Waals surface area contributed by atoms with E-state index in [1.807, 2.05) is 0 Å². The van der Waals surface area contributed by atoms with E-state index < -0.39 is 0 Å². The fourth-order valence-corrected chi connectivity index (χ4v) is 2.52. The molecule has 14 heavy (non-hydrogen) atoms. The number of rotatable bonds is 2. The van der Waals surface area contributed by atoms with Gasteiger partial charge in [0.25, 0.3) is 0 Å². The number of hydrogen-bond donors (Lipinski definition) is 0. The van der Waals surface area contributed by atoms with Crippen molar-refractivity contribution in [3.05, 3.63) is 60.2 Å². The van der Waals surface area contributed by atoms with E-state index in [0.717, 1.165) is 9.52 Å². The van der Waals surface area contributed by atoms with Crippen LogP contribution in [0.25, 0.3) is 0 Å². The lowest BCUT2D eigenvalue weighted by Gasteiger charge is -2.03. The second-order valence-electron chi connectivity index (χ2n) is 3.31. The SMILES string of the molecule is Cc1ccccc1[Si]c1ccccc1. The summed E-state index contributed by atoms with van der Waals surface area (Å²) >= 11 is 0. The summed E-state index contributed by atoms with van der Waals surface area (Å²) < 4.78 is 0. The maximum Gasteiger partial charge on any atom is 0.121 e. The third kappa shape index (κ3) is 2.12. The third-order valence-corrected chi connectivity index (χ3v) is 3.65. The molecule has 2 radical (unpaired) electrons. The van der Waals surface area contributed by atoms with Crippen molar-refractivity contribution in [1.29, 1.82) is 0 Å². The molecule has 0 fully saturated rings. The van der Waals surface area contributed by atoms with Crippen LogP contribution in [0.3, 0.4) is 0 Å². The maximum absolute atomic E-state index is 2.21. The summed E-state index contributed by atoms with van der Waals surface area (Å²) in [5, 5.41) is 2.85. The Bertz CT molecular complexity index is 407. The molecule has 0 saturated heterocycles. The van der Waals surface area contributed by atoms with E-state index in [4.69, 9.17) is 0 Å². The first-order valence-corrected chi connectivity index (χ1v) is 5.74. The van der Waals surface area contributed by atoms with Gasteiger partial charge in [0.1, 0.15) is 9.52 Å². The second-order valence-corrected chi connectivity index (χ2v) is 4.67. The molecule has 2 aromatic carbocycles. The third-order valence-electron chi connectivity index (χ3n) is 2.20. The Labute approximate surface area is 87.4 Å². The largest absolute Gasteiger partial charge is 0.121 e. The molecule has 0 bridgehead atoms. The summed E-state index contributed by atoms with van der Waals surface area (Å²) in [4.78, 5) is 0. The smallest absolute Gasteiger partial charge is 0.0631 e. The van der Waals surface area contributed by atoms with Crippen LogP contribution in [0.4, 0.5) is 0 Å². The van der Waals surface area contributed by atoms with Gasteiger partial charge in [0.15, 0.2) is 0 Å². The molecule has 0 aliphatic rings. The van der Waals surface area contributed by atoms with Gasteiger partial charge >= 0.3 is 0 Å². The second kappa shape index (κ2) is 4.25. The van der Waals surface area contributed by atoms with Crippen LogP contribution in [0.15, 0.2) is 54.6 Å². The molecule has 0 N–H and O–H groups in total. The minimum atomic E-state index is 0.776. The van der Waals surface area contributed by atoms with Gasteiger partial charge in [-0.05, 0) is 6.92 Å². The van der Waals surface area contributed by atoms with Crippen molar-refractivity contribution < 1.29 is 0 Å². The Balaban J connectivity index is 2.24. The number of aryl methyl sites for hydroxylation is 1. The molecule has 0 atom stereocenters. The molecular formula is C13H12Si. The van der Waals surface area contributed by atoms with Crippen LogP contribution in [0.1, 0.15) is 5.56 Å². The molecule has 0 aromatic heterocycles. The Morgan fingerprint density at radius 3 is 2.14 bits per heavy atom. The highest BCUT2D eigenvalue weighted by Crippen LogP contribution is 1.92. The van der Waals surface area contributed by atoms with Crippen LogP contribution in [0, 0.1) is 6.92 Å². The first kappa shape index (κ1) is 9.22. The molecule has 2 aromatic rings. The quantitative estimate of drug-likeness (QED) is 0.641. The van der Waals surface area contributed by atoms with Crippen LogP contribution < -0.4 is 10.4 Å². The van der Waals surface area contributed by atoms with E-state index in [1.54, 1.807) is 0 Å². The Morgan fingerprint density at radius 2 is 1.43 bits per heavy atom. The van der Waals surface area contributed by atoms with Crippen molar-refractivity contribution >= 4 is 19.9 Å². The molecular weight excluding hydrogens is 184 g/mol. The van der Waals surface area contributed by atoms with E-state index >= 15 is 0 Å². The number of hydrogen-bond acceptors (Lipinski definition) is 0. The highest BCUT2D eigenvalue weighted by molar-refractivity contribution is 6.67. The Kier molecular flexibility index (Phi) is 2.80. The molecule has 0 saturated carbocycles. The van der Waals surface area contributed by atoms with Crippen LogP contribution in [-0.4, -0.2) is 9.52 Å². The first-order chi connectivity index (χ1) is 6.86. The summed E-state index contributed by atoms with van der Waals surface area (Å²) in [6.07, 6.45) is 0. The molecule has 0 spiro atoms. The van der Waals surface area contributed by atoms with Gasteiger partial charge in [0, 0.05) is 0 Å². The zero-order valence-corrected chi connectivity index (χ0v) is 9.20. The van der Waals surface area contributed by atoms with Crippen molar-refractivity contribution in [3.8, 4) is 0 Å². The summed E-state index contributed by atoms with van der Waals surface area (Å²) in [5.74, 6) is 0. The maximum atomic E-state index is 2.21. The van der Waals surface area contributed by atoms with E-state index in [1.165, 1.54) is 15.9 Å². The van der Waals surface area contributed by atoms with Gasteiger partial charge in [-0.15, -0.1) is 0 Å². The van der Waals surface area contributed by atoms with Gasteiger partial charge < -0.3 is 0 Å². The van der Waals surface area contributed by atoms with Crippen LogP contribution in [0.5, 0.6) is 0 Å². The minimum absolute atomic E-state index is 0.776. The monoisotopic (exact) mass is 196 g/mol. The zero-order chi connectivity index (χ0) is 9.80. The van der Waals surface area contributed by atoms with Gasteiger partial charge in [-0.2, -0.15) is 0 Å². The van der Waals surface area contributed by atoms with Crippen molar-refractivity contribution in [3.63, 3.8) is 0 Å². The van der Waals surface area contributed by atoms with E-state index in [2.05, 4.69) is 61.5 Å². The molecule has 0 amide bonds. The fourth-order valence-electron chi connectivity index (χ4n) is 1.39. The van der Waals surface area contributed by atoms with Gasteiger partial charge in [0.05, 0.1) is 0 Å². The van der Waals surface area contributed by atoms with Crippen molar-refractivity contribution in [2.75, 3.05) is 0 Å². The van der Waals surface area contributed by atoms with E-state index in [-0.39, 0.29) is 0 Å². The van der Waals surface area contributed by atoms with Gasteiger partial charge in [0.2, 0.25) is 0 Å². The number of benzene rings is 2. The van der Waals surface area contributed by atoms with E-state index in [0.29, 0.717) is 0 Å². The summed E-state index contributed by atoms with van der Waals surface area (Å²) in [6.45, 7) is 2.17. The molecule has 68 valence electrons. The lowest BCUT2D eigenvalue weighted by molar-refractivity contribution is 1.52. The highest BCUT2D eigenvalue weighted by atomic mass is 28.2. The highest BCUT2D eigenvalue weighted by Gasteiger charge is 1.99. The lowest BCUT2D eigenvalue weighted by Crippen LogP contribution is -2.28. The lowest BCUT2D eigenvalue weighted by atomic mass is 10.2. The van der Waals surface area contributed by atoms with Crippen molar-refractivity contribution in [1.82, 2.24) is 0 Å². The molecule has 1 heteroatoms. The fraction of sp³-hybridized carbons (Fsp3) is 0.0769. The molecule has 0 unspecified atom stereocenters. The summed E-state index contributed by atoms with van der Waals surface area (Å²) in [7, 11) is 0.776. The first-order valence-electron chi connectivity index (χ1n) is 4.74. The Hall–Kier alpha value is -1.34. The van der Waals surface area contributed by atoms with Crippen molar-refractivity contribution in [2.45, 2.75) is 6.92 Å². The van der Waals surface area contributed by atoms with E-state index in [9.17, 15) is 0 Å². The van der Waals surface area contributed by atoms with Crippen LogP contribution in [0.2, 0.25) is 0 Å². The van der Waals surface area contributed by atoms with Crippen LogP contribution >= 0.6 is 0 Å². The van der Waals surface area contributed by atoms with Gasteiger partial charge in [-0.25, -0.2) is 0 Å². The molecule has 0 heterocycles. The average molecular weight is 196 g/mol. The molecule has 0 aliphatic heterocycles. The van der Waals surface area contributed by atoms with Crippen molar-refractivity contribution in [2.24, 2.45) is 0 Å². The molecule has 2 rings (SSSR count). The predicted molar refractivity (Wildman–Crippen MR) is 62.6 cm³/mol. The van der Waals surface area contributed by atoms with Crippen LogP contribution in [-0.2, 0) is 0 Å². The average Bonchev–Trinajstić information content (AvgIpc) is 2.23.